The molecule has 3 aliphatic rings. The zero-order valence-electron chi connectivity index (χ0n) is 21.7. The molecule has 0 aliphatic carbocycles. The summed E-state index contributed by atoms with van der Waals surface area (Å²) in [5, 5.41) is 10.1. The molecule has 5 rings (SSSR count). The predicted molar refractivity (Wildman–Crippen MR) is 140 cm³/mol. The van der Waals surface area contributed by atoms with Gasteiger partial charge in [-0.1, -0.05) is 55.5 Å². The number of aliphatic hydroxyl groups excluding tert-OH is 1. The number of alkyl halides is 1. The number of hydrogen-bond donors (Lipinski definition) is 1. The van der Waals surface area contributed by atoms with Gasteiger partial charge in [0.05, 0.1) is 30.9 Å². The van der Waals surface area contributed by atoms with Crippen LogP contribution in [0.1, 0.15) is 43.9 Å². The van der Waals surface area contributed by atoms with E-state index in [2.05, 4.69) is 6.58 Å². The van der Waals surface area contributed by atoms with Crippen LogP contribution in [-0.2, 0) is 32.9 Å². The van der Waals surface area contributed by atoms with Gasteiger partial charge in [-0.25, -0.2) is 4.39 Å². The van der Waals surface area contributed by atoms with Crippen molar-refractivity contribution in [2.24, 2.45) is 11.8 Å². The van der Waals surface area contributed by atoms with Crippen molar-refractivity contribution in [2.75, 3.05) is 18.1 Å². The van der Waals surface area contributed by atoms with E-state index in [1.54, 1.807) is 15.9 Å². The maximum Gasteiger partial charge on any atom is 0.264 e. The molecule has 1 fully saturated rings. The fourth-order valence-corrected chi connectivity index (χ4v) is 6.84. The van der Waals surface area contributed by atoms with E-state index < -0.39 is 29.2 Å². The van der Waals surface area contributed by atoms with Crippen molar-refractivity contribution < 1.29 is 23.8 Å². The first-order valence-corrected chi connectivity index (χ1v) is 13.0. The van der Waals surface area contributed by atoms with Gasteiger partial charge in [0.15, 0.2) is 5.60 Å². The molecule has 3 aliphatic heterocycles. The third-order valence-electron chi connectivity index (χ3n) is 8.44. The van der Waals surface area contributed by atoms with Crippen molar-refractivity contribution >= 4 is 17.5 Å². The smallest absolute Gasteiger partial charge is 0.264 e. The molecular formula is C30H35FN2O4. The van der Waals surface area contributed by atoms with Crippen LogP contribution in [0.15, 0.2) is 61.2 Å². The number of amides is 2. The summed E-state index contributed by atoms with van der Waals surface area (Å²) in [6.07, 6.45) is 1.35. The molecule has 1 N–H and O–H groups in total. The van der Waals surface area contributed by atoms with Crippen molar-refractivity contribution in [3.05, 3.63) is 77.9 Å². The number of benzene rings is 2. The highest BCUT2D eigenvalue weighted by atomic mass is 19.1. The molecule has 0 unspecified atom stereocenters. The van der Waals surface area contributed by atoms with Gasteiger partial charge in [0.1, 0.15) is 5.67 Å². The largest absolute Gasteiger partial charge is 0.394 e. The highest BCUT2D eigenvalue weighted by Crippen LogP contribution is 2.58. The molecule has 2 amide bonds. The number of carbonyl (C=O) groups is 2. The van der Waals surface area contributed by atoms with E-state index in [4.69, 9.17) is 4.74 Å². The Labute approximate surface area is 217 Å². The Bertz CT molecular complexity index is 1220. The van der Waals surface area contributed by atoms with Crippen LogP contribution in [0.4, 0.5) is 10.1 Å². The van der Waals surface area contributed by atoms with Gasteiger partial charge in [-0.3, -0.25) is 9.59 Å². The van der Waals surface area contributed by atoms with Gasteiger partial charge in [0.2, 0.25) is 5.91 Å². The summed E-state index contributed by atoms with van der Waals surface area (Å²) in [6, 6.07) is 15.0. The zero-order chi connectivity index (χ0) is 26.5. The zero-order valence-corrected chi connectivity index (χ0v) is 21.7. The normalized spacial score (nSPS) is 28.9. The molecule has 2 aromatic carbocycles. The van der Waals surface area contributed by atoms with E-state index >= 15 is 4.39 Å². The maximum absolute atomic E-state index is 15.8. The van der Waals surface area contributed by atoms with Crippen molar-refractivity contribution in [3.63, 3.8) is 0 Å². The quantitative estimate of drug-likeness (QED) is 0.598. The Kier molecular flexibility index (Phi) is 6.49. The van der Waals surface area contributed by atoms with Crippen LogP contribution >= 0.6 is 0 Å². The Balaban J connectivity index is 1.49. The Hall–Kier alpha value is -3.03. The molecule has 5 atom stereocenters. The molecular weight excluding hydrogens is 471 g/mol. The molecule has 0 bridgehead atoms. The lowest BCUT2D eigenvalue weighted by atomic mass is 9.71. The van der Waals surface area contributed by atoms with Gasteiger partial charge in [-0.15, -0.1) is 6.58 Å². The Morgan fingerprint density at radius 2 is 1.89 bits per heavy atom. The predicted octanol–water partition coefficient (Wildman–Crippen LogP) is 4.15. The summed E-state index contributed by atoms with van der Waals surface area (Å²) < 4.78 is 22.4. The second-order valence-corrected chi connectivity index (χ2v) is 11.0. The van der Waals surface area contributed by atoms with Gasteiger partial charge in [0, 0.05) is 30.5 Å². The number of halogens is 1. The molecule has 1 saturated heterocycles. The average Bonchev–Trinajstić information content (AvgIpc) is 3.30. The van der Waals surface area contributed by atoms with Crippen LogP contribution in [0.2, 0.25) is 0 Å². The highest BCUT2D eigenvalue weighted by Gasteiger charge is 2.66. The molecule has 1 spiro atoms. The lowest BCUT2D eigenvalue weighted by Crippen LogP contribution is -2.48. The summed E-state index contributed by atoms with van der Waals surface area (Å²) in [5.41, 5.74) is 0.533. The standard InChI is InChI=1S/C30H35FN2O4/c1-5-14-32-24-13-9-8-12-23(24)30(28(32)36)19(2)27(29(3,4)31)25(37-30)16-26(35)33-17-21-11-7-6-10-20(21)15-22(33)18-34/h5-13,19,22,25,27,34H,1,14-18H2,2-4H3/t19-,22-,25+,27-,30+/m0/s1. The maximum atomic E-state index is 15.8. The van der Waals surface area contributed by atoms with Crippen LogP contribution in [0.3, 0.4) is 0 Å². The summed E-state index contributed by atoms with van der Waals surface area (Å²) >= 11 is 0. The molecule has 6 nitrogen and oxygen atoms in total. The molecule has 37 heavy (non-hydrogen) atoms. The van der Waals surface area contributed by atoms with Gasteiger partial charge < -0.3 is 19.6 Å². The monoisotopic (exact) mass is 506 g/mol. The van der Waals surface area contributed by atoms with E-state index in [1.807, 2.05) is 55.5 Å². The number of nitrogens with zero attached hydrogens (tertiary/aromatic N) is 2. The summed E-state index contributed by atoms with van der Waals surface area (Å²) in [5.74, 6) is -1.66. The molecule has 3 heterocycles. The Morgan fingerprint density at radius 3 is 2.57 bits per heavy atom. The third-order valence-corrected chi connectivity index (χ3v) is 8.44. The first kappa shape index (κ1) is 25.6. The number of hydrogen-bond acceptors (Lipinski definition) is 4. The van der Waals surface area contributed by atoms with Crippen molar-refractivity contribution in [2.45, 2.75) is 63.6 Å². The number of ether oxygens (including phenoxy) is 1. The van der Waals surface area contributed by atoms with Crippen molar-refractivity contribution in [1.82, 2.24) is 4.90 Å². The lowest BCUT2D eigenvalue weighted by molar-refractivity contribution is -0.151. The minimum atomic E-state index is -1.69. The summed E-state index contributed by atoms with van der Waals surface area (Å²) in [4.78, 5) is 31.0. The van der Waals surface area contributed by atoms with Crippen LogP contribution in [0, 0.1) is 11.8 Å². The first-order chi connectivity index (χ1) is 17.6. The minimum absolute atomic E-state index is 0.0698. The van der Waals surface area contributed by atoms with Crippen LogP contribution in [-0.4, -0.2) is 52.8 Å². The summed E-state index contributed by atoms with van der Waals surface area (Å²) in [6.45, 7) is 9.17. The number of aliphatic hydroxyl groups is 1. The van der Waals surface area contributed by atoms with E-state index in [0.717, 1.165) is 16.8 Å². The molecule has 0 aromatic heterocycles. The van der Waals surface area contributed by atoms with E-state index in [1.165, 1.54) is 13.8 Å². The van der Waals surface area contributed by atoms with Crippen LogP contribution < -0.4 is 4.90 Å². The number of rotatable bonds is 6. The molecule has 196 valence electrons. The fourth-order valence-electron chi connectivity index (χ4n) is 6.84. The van der Waals surface area contributed by atoms with E-state index in [-0.39, 0.29) is 30.9 Å². The summed E-state index contributed by atoms with van der Waals surface area (Å²) in [7, 11) is 0. The first-order valence-electron chi connectivity index (χ1n) is 13.0. The van der Waals surface area contributed by atoms with E-state index in [0.29, 0.717) is 25.1 Å². The number of para-hydroxylation sites is 1. The fraction of sp³-hybridized carbons (Fsp3) is 0.467. The van der Waals surface area contributed by atoms with Crippen molar-refractivity contribution in [3.8, 4) is 0 Å². The number of fused-ring (bicyclic) bond motifs is 3. The SMILES string of the molecule is C=CCN1C(=O)[C@]2(O[C@H](CC(=O)N3Cc4ccccc4C[C@H]3CO)[C@@H](C(C)(C)F)[C@@H]2C)c2ccccc21. The minimum Gasteiger partial charge on any atom is -0.394 e. The molecule has 0 saturated carbocycles. The van der Waals surface area contributed by atoms with Crippen LogP contribution in [0.25, 0.3) is 0 Å². The average molecular weight is 507 g/mol. The third kappa shape index (κ3) is 3.99. The van der Waals surface area contributed by atoms with Gasteiger partial charge >= 0.3 is 0 Å². The molecule has 0 radical (unpaired) electrons. The molecule has 7 heteroatoms. The lowest BCUT2D eigenvalue weighted by Gasteiger charge is -2.37. The van der Waals surface area contributed by atoms with Gasteiger partial charge in [0.25, 0.3) is 5.91 Å². The second kappa shape index (κ2) is 9.37. The Morgan fingerprint density at radius 1 is 1.22 bits per heavy atom. The topological polar surface area (TPSA) is 70.1 Å². The van der Waals surface area contributed by atoms with Crippen molar-refractivity contribution in [1.29, 1.82) is 0 Å². The van der Waals surface area contributed by atoms with Gasteiger partial charge in [-0.05, 0) is 37.5 Å². The molecule has 2 aromatic rings. The highest BCUT2D eigenvalue weighted by molar-refractivity contribution is 6.07. The van der Waals surface area contributed by atoms with E-state index in [9.17, 15) is 14.7 Å². The number of anilines is 1. The second-order valence-electron chi connectivity index (χ2n) is 11.0. The van der Waals surface area contributed by atoms with Gasteiger partial charge in [-0.2, -0.15) is 0 Å². The number of carbonyl (C=O) groups excluding carboxylic acids is 2. The van der Waals surface area contributed by atoms with Crippen LogP contribution in [0.5, 0.6) is 0 Å².